The number of nitrogens with one attached hydrogen (secondary N) is 2. The van der Waals surface area contributed by atoms with Crippen LogP contribution in [0.5, 0.6) is 0 Å². The zero-order valence-corrected chi connectivity index (χ0v) is 18.5. The molecule has 1 saturated heterocycles. The molecule has 2 aliphatic heterocycles. The molecule has 1 aromatic heterocycles. The number of hydrogen-bond donors (Lipinski definition) is 3. The smallest absolute Gasteiger partial charge is 0.270 e. The van der Waals surface area contributed by atoms with Crippen LogP contribution in [-0.2, 0) is 11.2 Å². The quantitative estimate of drug-likeness (QED) is 0.587. The first-order chi connectivity index (χ1) is 15.4. The largest absolute Gasteiger partial charge is 0.390 e. The summed E-state index contributed by atoms with van der Waals surface area (Å²) in [7, 11) is 0. The fourth-order valence-corrected chi connectivity index (χ4v) is 4.31. The molecule has 3 heterocycles. The minimum absolute atomic E-state index is 0.0486. The molecule has 32 heavy (non-hydrogen) atoms. The lowest BCUT2D eigenvalue weighted by Gasteiger charge is -2.39. The average molecular weight is 439 g/mol. The van der Waals surface area contributed by atoms with Crippen molar-refractivity contribution >= 4 is 17.6 Å². The number of nitrogens with zero attached hydrogens (tertiary/aromatic N) is 4. The van der Waals surface area contributed by atoms with Gasteiger partial charge in [0, 0.05) is 51.8 Å². The SMILES string of the molecule is CC(=O)N1CC(Nc2cc(C(=O)NCC(O)CN3CCc4ccccc4C3C)ncn2)C1. The van der Waals surface area contributed by atoms with E-state index in [-0.39, 0.29) is 36.1 Å². The summed E-state index contributed by atoms with van der Waals surface area (Å²) >= 11 is 0. The third-order valence-electron chi connectivity index (χ3n) is 6.24. The van der Waals surface area contributed by atoms with Crippen LogP contribution >= 0.6 is 0 Å². The van der Waals surface area contributed by atoms with Gasteiger partial charge in [-0.05, 0) is 24.5 Å². The Morgan fingerprint density at radius 2 is 2.03 bits per heavy atom. The summed E-state index contributed by atoms with van der Waals surface area (Å²) in [4.78, 5) is 36.0. The molecule has 2 aromatic rings. The first kappa shape index (κ1) is 22.2. The van der Waals surface area contributed by atoms with Crippen LogP contribution in [0, 0.1) is 0 Å². The van der Waals surface area contributed by atoms with Gasteiger partial charge in [-0.15, -0.1) is 0 Å². The summed E-state index contributed by atoms with van der Waals surface area (Å²) in [5.41, 5.74) is 2.90. The van der Waals surface area contributed by atoms with Crippen molar-refractivity contribution in [3.05, 3.63) is 53.5 Å². The van der Waals surface area contributed by atoms with E-state index in [1.165, 1.54) is 17.5 Å². The molecule has 170 valence electrons. The van der Waals surface area contributed by atoms with Crippen LogP contribution in [0.3, 0.4) is 0 Å². The minimum atomic E-state index is -0.682. The number of carbonyl (C=O) groups is 2. The van der Waals surface area contributed by atoms with Gasteiger partial charge >= 0.3 is 0 Å². The molecular weight excluding hydrogens is 408 g/mol. The molecule has 3 N–H and O–H groups in total. The third kappa shape index (κ3) is 5.05. The third-order valence-corrected chi connectivity index (χ3v) is 6.24. The molecule has 0 saturated carbocycles. The Balaban J connectivity index is 1.25. The summed E-state index contributed by atoms with van der Waals surface area (Å²) in [6, 6.07) is 10.3. The summed E-state index contributed by atoms with van der Waals surface area (Å²) in [5.74, 6) is 0.234. The van der Waals surface area contributed by atoms with E-state index in [2.05, 4.69) is 50.6 Å². The first-order valence-corrected chi connectivity index (χ1v) is 11.0. The molecule has 4 rings (SSSR count). The van der Waals surface area contributed by atoms with Gasteiger partial charge in [-0.3, -0.25) is 14.5 Å². The molecule has 9 nitrogen and oxygen atoms in total. The van der Waals surface area contributed by atoms with Crippen LogP contribution < -0.4 is 10.6 Å². The number of aliphatic hydroxyl groups excluding tert-OH is 1. The molecule has 1 aromatic carbocycles. The monoisotopic (exact) mass is 438 g/mol. The summed E-state index contributed by atoms with van der Waals surface area (Å²) in [5, 5.41) is 16.5. The van der Waals surface area contributed by atoms with Crippen LogP contribution in [-0.4, -0.2) is 81.6 Å². The van der Waals surface area contributed by atoms with E-state index < -0.39 is 6.10 Å². The van der Waals surface area contributed by atoms with Gasteiger partial charge in [-0.1, -0.05) is 24.3 Å². The fraction of sp³-hybridized carbons (Fsp3) is 0.478. The van der Waals surface area contributed by atoms with Crippen molar-refractivity contribution in [3.63, 3.8) is 0 Å². The molecule has 0 radical (unpaired) electrons. The first-order valence-electron chi connectivity index (χ1n) is 11.0. The maximum absolute atomic E-state index is 12.5. The number of amides is 2. The van der Waals surface area contributed by atoms with Crippen molar-refractivity contribution in [1.82, 2.24) is 25.1 Å². The van der Waals surface area contributed by atoms with Gasteiger partial charge in [-0.2, -0.15) is 0 Å². The Hall–Kier alpha value is -3.04. The number of rotatable bonds is 7. The summed E-state index contributed by atoms with van der Waals surface area (Å²) in [6.07, 6.45) is 1.61. The lowest BCUT2D eigenvalue weighted by atomic mass is 9.93. The van der Waals surface area contributed by atoms with Crippen LogP contribution in [0.25, 0.3) is 0 Å². The second-order valence-corrected chi connectivity index (χ2v) is 8.54. The van der Waals surface area contributed by atoms with E-state index in [0.717, 1.165) is 13.0 Å². The number of fused-ring (bicyclic) bond motifs is 1. The van der Waals surface area contributed by atoms with Crippen molar-refractivity contribution in [2.24, 2.45) is 0 Å². The Morgan fingerprint density at radius 1 is 1.25 bits per heavy atom. The van der Waals surface area contributed by atoms with E-state index in [4.69, 9.17) is 0 Å². The van der Waals surface area contributed by atoms with E-state index in [9.17, 15) is 14.7 Å². The summed E-state index contributed by atoms with van der Waals surface area (Å²) < 4.78 is 0. The number of likely N-dealkylation sites (tertiary alicyclic amines) is 1. The van der Waals surface area contributed by atoms with Crippen LogP contribution in [0.1, 0.15) is 41.5 Å². The van der Waals surface area contributed by atoms with E-state index in [1.807, 2.05) is 6.07 Å². The standard InChI is InChI=1S/C23H30N6O3/c1-15-20-6-4-3-5-17(20)7-8-28(15)13-19(31)10-24-23(32)21-9-22(26-14-25-21)27-18-11-29(12-18)16(2)30/h3-6,9,14-15,18-19,31H,7-8,10-13H2,1-2H3,(H,24,32)(H,25,26,27). The Kier molecular flexibility index (Phi) is 6.66. The second kappa shape index (κ2) is 9.62. The topological polar surface area (TPSA) is 111 Å². The van der Waals surface area contributed by atoms with Crippen molar-refractivity contribution in [3.8, 4) is 0 Å². The molecule has 1 fully saturated rings. The van der Waals surface area contributed by atoms with Crippen molar-refractivity contribution in [1.29, 1.82) is 0 Å². The van der Waals surface area contributed by atoms with Crippen molar-refractivity contribution < 1.29 is 14.7 Å². The van der Waals surface area contributed by atoms with E-state index in [1.54, 1.807) is 17.9 Å². The maximum Gasteiger partial charge on any atom is 0.270 e. The average Bonchev–Trinajstić information content (AvgIpc) is 2.76. The predicted octanol–water partition coefficient (Wildman–Crippen LogP) is 0.829. The van der Waals surface area contributed by atoms with Crippen molar-refractivity contribution in [2.45, 2.75) is 38.5 Å². The highest BCUT2D eigenvalue weighted by molar-refractivity contribution is 5.92. The number of hydrogen-bond acceptors (Lipinski definition) is 7. The molecule has 2 unspecified atom stereocenters. The molecule has 0 bridgehead atoms. The molecule has 2 atom stereocenters. The Bertz CT molecular complexity index is 978. The molecule has 9 heteroatoms. The molecule has 0 spiro atoms. The highest BCUT2D eigenvalue weighted by Crippen LogP contribution is 2.28. The zero-order valence-electron chi connectivity index (χ0n) is 18.5. The number of anilines is 1. The van der Waals surface area contributed by atoms with Gasteiger partial charge < -0.3 is 20.6 Å². The lowest BCUT2D eigenvalue weighted by Crippen LogP contribution is -2.56. The van der Waals surface area contributed by atoms with Gasteiger partial charge in [0.2, 0.25) is 5.91 Å². The normalized spacial score (nSPS) is 19.6. The lowest BCUT2D eigenvalue weighted by molar-refractivity contribution is -0.132. The van der Waals surface area contributed by atoms with E-state index in [0.29, 0.717) is 25.5 Å². The molecule has 2 amide bonds. The Labute approximate surface area is 187 Å². The summed E-state index contributed by atoms with van der Waals surface area (Å²) in [6.45, 7) is 6.44. The number of aliphatic hydroxyl groups is 1. The molecule has 2 aliphatic rings. The van der Waals surface area contributed by atoms with Crippen LogP contribution in [0.2, 0.25) is 0 Å². The number of benzene rings is 1. The maximum atomic E-state index is 12.5. The number of carbonyl (C=O) groups excluding carboxylic acids is 2. The number of aromatic nitrogens is 2. The van der Waals surface area contributed by atoms with Gasteiger partial charge in [0.05, 0.1) is 12.1 Å². The fourth-order valence-electron chi connectivity index (χ4n) is 4.31. The van der Waals surface area contributed by atoms with Gasteiger partial charge in [0.25, 0.3) is 5.91 Å². The highest BCUT2D eigenvalue weighted by Gasteiger charge is 2.29. The molecule has 0 aliphatic carbocycles. The van der Waals surface area contributed by atoms with Gasteiger partial charge in [-0.25, -0.2) is 9.97 Å². The minimum Gasteiger partial charge on any atom is -0.390 e. The van der Waals surface area contributed by atoms with Crippen molar-refractivity contribution in [2.75, 3.05) is 38.0 Å². The van der Waals surface area contributed by atoms with Gasteiger partial charge in [0.15, 0.2) is 0 Å². The number of β-amino-alcohol motifs (C(OH)–C–C–N with tert-alkyl or cyclic N) is 1. The zero-order chi connectivity index (χ0) is 22.7. The highest BCUT2D eigenvalue weighted by atomic mass is 16.3. The van der Waals surface area contributed by atoms with Crippen LogP contribution in [0.15, 0.2) is 36.7 Å². The van der Waals surface area contributed by atoms with E-state index >= 15 is 0 Å². The Morgan fingerprint density at radius 3 is 2.81 bits per heavy atom. The molecular formula is C23H30N6O3. The second-order valence-electron chi connectivity index (χ2n) is 8.54. The van der Waals surface area contributed by atoms with Crippen LogP contribution in [0.4, 0.5) is 5.82 Å². The van der Waals surface area contributed by atoms with Gasteiger partial charge in [0.1, 0.15) is 17.8 Å². The predicted molar refractivity (Wildman–Crippen MR) is 120 cm³/mol.